The molecule has 0 bridgehead atoms. The van der Waals surface area contributed by atoms with Crippen molar-refractivity contribution in [3.05, 3.63) is 40.9 Å². The minimum atomic E-state index is -3.33. The SMILES string of the molecule is COCc1cnc(NC(=O)C(=NO[C@@H]2CC[C@@H](O)C2)c2ccc(S(=O)(=O)C3CC3)cc2)s1. The number of hydrogen-bond acceptors (Lipinski definition) is 9. The number of aliphatic hydroxyl groups excluding tert-OH is 1. The van der Waals surface area contributed by atoms with E-state index in [0.717, 1.165) is 4.88 Å². The quantitative estimate of drug-likeness (QED) is 0.418. The third kappa shape index (κ3) is 5.34. The molecule has 4 rings (SSSR count). The van der Waals surface area contributed by atoms with Crippen LogP contribution in [0.1, 0.15) is 42.5 Å². The molecule has 0 saturated heterocycles. The first-order chi connectivity index (χ1) is 15.4. The van der Waals surface area contributed by atoms with Crippen molar-refractivity contribution in [2.24, 2.45) is 5.16 Å². The number of carbonyl (C=O) groups excluding carboxylic acids is 1. The summed E-state index contributed by atoms with van der Waals surface area (Å²) in [5.74, 6) is -0.528. The molecule has 11 heteroatoms. The summed E-state index contributed by atoms with van der Waals surface area (Å²) in [5.41, 5.74) is 0.426. The molecule has 2 fully saturated rings. The van der Waals surface area contributed by atoms with Crippen LogP contribution >= 0.6 is 11.3 Å². The lowest BCUT2D eigenvalue weighted by molar-refractivity contribution is -0.110. The minimum Gasteiger partial charge on any atom is -0.393 e. The van der Waals surface area contributed by atoms with Crippen molar-refractivity contribution in [3.63, 3.8) is 0 Å². The number of nitrogens with zero attached hydrogens (tertiary/aromatic N) is 2. The molecule has 0 unspecified atom stereocenters. The molecule has 9 nitrogen and oxygen atoms in total. The van der Waals surface area contributed by atoms with Crippen molar-refractivity contribution in [1.82, 2.24) is 4.98 Å². The molecule has 0 aliphatic heterocycles. The van der Waals surface area contributed by atoms with Gasteiger partial charge in [-0.15, -0.1) is 0 Å². The summed E-state index contributed by atoms with van der Waals surface area (Å²) in [5, 5.41) is 16.6. The Morgan fingerprint density at radius 3 is 2.62 bits per heavy atom. The lowest BCUT2D eigenvalue weighted by atomic mass is 10.1. The third-order valence-corrected chi connectivity index (χ3v) is 8.51. The summed E-state index contributed by atoms with van der Waals surface area (Å²) in [7, 11) is -1.75. The second-order valence-corrected chi connectivity index (χ2v) is 11.3. The Balaban J connectivity index is 1.55. The number of aliphatic hydroxyl groups is 1. The molecule has 172 valence electrons. The number of aromatic nitrogens is 1. The molecule has 1 amide bonds. The normalized spacial score (nSPS) is 21.5. The number of oxime groups is 1. The number of benzene rings is 1. The van der Waals surface area contributed by atoms with Crippen molar-refractivity contribution in [3.8, 4) is 0 Å². The highest BCUT2D eigenvalue weighted by molar-refractivity contribution is 7.92. The Morgan fingerprint density at radius 2 is 2.00 bits per heavy atom. The molecule has 2 atom stereocenters. The zero-order valence-electron chi connectivity index (χ0n) is 17.6. The van der Waals surface area contributed by atoms with E-state index in [1.807, 2.05) is 0 Å². The molecule has 0 spiro atoms. The summed E-state index contributed by atoms with van der Waals surface area (Å²) < 4.78 is 30.0. The van der Waals surface area contributed by atoms with Crippen LogP contribution in [0, 0.1) is 0 Å². The Hall–Kier alpha value is -2.34. The van der Waals surface area contributed by atoms with E-state index in [2.05, 4.69) is 15.5 Å². The van der Waals surface area contributed by atoms with Gasteiger partial charge in [0.05, 0.1) is 27.7 Å². The average Bonchev–Trinajstić information content (AvgIpc) is 3.43. The monoisotopic (exact) mass is 479 g/mol. The van der Waals surface area contributed by atoms with Gasteiger partial charge >= 0.3 is 0 Å². The molecule has 32 heavy (non-hydrogen) atoms. The summed E-state index contributed by atoms with van der Waals surface area (Å²) >= 11 is 1.28. The average molecular weight is 480 g/mol. The van der Waals surface area contributed by atoms with Crippen LogP contribution in [0.15, 0.2) is 40.5 Å². The fraction of sp³-hybridized carbons (Fsp3) is 0.476. The molecule has 1 heterocycles. The van der Waals surface area contributed by atoms with E-state index in [0.29, 0.717) is 49.4 Å². The molecule has 1 aromatic heterocycles. The number of anilines is 1. The van der Waals surface area contributed by atoms with Gasteiger partial charge < -0.3 is 14.7 Å². The number of thiazole rings is 1. The van der Waals surface area contributed by atoms with Crippen LogP contribution in [0.25, 0.3) is 0 Å². The van der Waals surface area contributed by atoms with Crippen LogP contribution in [0.2, 0.25) is 0 Å². The number of rotatable bonds is 9. The summed E-state index contributed by atoms with van der Waals surface area (Å²) in [6.45, 7) is 0.387. The minimum absolute atomic E-state index is 0.00486. The predicted molar refractivity (Wildman–Crippen MR) is 119 cm³/mol. The van der Waals surface area contributed by atoms with E-state index >= 15 is 0 Å². The Bertz CT molecular complexity index is 1090. The van der Waals surface area contributed by atoms with Crippen molar-refractivity contribution >= 4 is 37.9 Å². The van der Waals surface area contributed by atoms with Gasteiger partial charge in [0, 0.05) is 25.3 Å². The molecule has 2 saturated carbocycles. The Kier molecular flexibility index (Phi) is 6.89. The maximum absolute atomic E-state index is 13.0. The molecule has 1 aromatic carbocycles. The molecular weight excluding hydrogens is 454 g/mol. The number of ether oxygens (including phenoxy) is 1. The van der Waals surface area contributed by atoms with Crippen molar-refractivity contribution in [2.75, 3.05) is 12.4 Å². The lowest BCUT2D eigenvalue weighted by Gasteiger charge is -2.11. The lowest BCUT2D eigenvalue weighted by Crippen LogP contribution is -2.25. The first-order valence-corrected chi connectivity index (χ1v) is 12.7. The van der Waals surface area contributed by atoms with Gasteiger partial charge in [-0.1, -0.05) is 28.6 Å². The number of amides is 1. The highest BCUT2D eigenvalue weighted by atomic mass is 32.2. The number of hydrogen-bond donors (Lipinski definition) is 2. The van der Waals surface area contributed by atoms with E-state index < -0.39 is 21.8 Å². The third-order valence-electron chi connectivity index (χ3n) is 5.35. The second kappa shape index (κ2) is 9.65. The predicted octanol–water partition coefficient (Wildman–Crippen LogP) is 2.50. The maximum atomic E-state index is 13.0. The van der Waals surface area contributed by atoms with E-state index in [4.69, 9.17) is 9.57 Å². The number of nitrogens with one attached hydrogen (secondary N) is 1. The maximum Gasteiger partial charge on any atom is 0.280 e. The van der Waals surface area contributed by atoms with Gasteiger partial charge in [0.15, 0.2) is 20.7 Å². The fourth-order valence-corrected chi connectivity index (χ4v) is 5.91. The van der Waals surface area contributed by atoms with Crippen molar-refractivity contribution < 1.29 is 27.9 Å². The fourth-order valence-electron chi connectivity index (χ4n) is 3.47. The van der Waals surface area contributed by atoms with Crippen molar-refractivity contribution in [2.45, 2.75) is 61.1 Å². The summed E-state index contributed by atoms with van der Waals surface area (Å²) in [4.78, 5) is 23.8. The molecule has 2 aromatic rings. The van der Waals surface area contributed by atoms with Crippen LogP contribution < -0.4 is 5.32 Å². The van der Waals surface area contributed by atoms with E-state index in [1.165, 1.54) is 23.5 Å². The standard InChI is InChI=1S/C21H25N3O6S2/c1-29-12-16-11-22-21(31-16)23-20(26)19(24-30-15-5-4-14(25)10-15)13-2-6-17(7-3-13)32(27,28)18-8-9-18/h2-3,6-7,11,14-15,18,25H,4-5,8-10,12H2,1H3,(H,22,23,26)/t14-,15-/m1/s1. The Labute approximate surface area is 190 Å². The van der Waals surface area contributed by atoms with Crippen LogP contribution in [0.3, 0.4) is 0 Å². The molecule has 0 radical (unpaired) electrons. The molecule has 2 N–H and O–H groups in total. The van der Waals surface area contributed by atoms with Gasteiger partial charge in [0.25, 0.3) is 5.91 Å². The molecular formula is C21H25N3O6S2. The number of methoxy groups -OCH3 is 1. The highest BCUT2D eigenvalue weighted by Crippen LogP contribution is 2.33. The molecule has 2 aliphatic carbocycles. The largest absolute Gasteiger partial charge is 0.393 e. The summed E-state index contributed by atoms with van der Waals surface area (Å²) in [6.07, 6.45) is 3.97. The number of sulfone groups is 1. The van der Waals surface area contributed by atoms with Gasteiger partial charge in [-0.3, -0.25) is 10.1 Å². The zero-order chi connectivity index (χ0) is 22.7. The first kappa shape index (κ1) is 22.8. The van der Waals surface area contributed by atoms with Crippen LogP contribution in [-0.4, -0.2) is 54.7 Å². The van der Waals surface area contributed by atoms with Crippen LogP contribution in [-0.2, 0) is 30.8 Å². The van der Waals surface area contributed by atoms with E-state index in [1.54, 1.807) is 25.4 Å². The van der Waals surface area contributed by atoms with E-state index in [9.17, 15) is 18.3 Å². The zero-order valence-corrected chi connectivity index (χ0v) is 19.2. The Morgan fingerprint density at radius 1 is 1.25 bits per heavy atom. The van der Waals surface area contributed by atoms with Gasteiger partial charge in [-0.05, 0) is 37.8 Å². The van der Waals surface area contributed by atoms with Crippen LogP contribution in [0.5, 0.6) is 0 Å². The number of carbonyl (C=O) groups is 1. The second-order valence-electron chi connectivity index (χ2n) is 7.92. The first-order valence-electron chi connectivity index (χ1n) is 10.4. The van der Waals surface area contributed by atoms with Gasteiger partial charge in [-0.2, -0.15) is 0 Å². The summed E-state index contributed by atoms with van der Waals surface area (Å²) in [6, 6.07) is 6.09. The van der Waals surface area contributed by atoms with Gasteiger partial charge in [0.2, 0.25) is 0 Å². The highest BCUT2D eigenvalue weighted by Gasteiger charge is 2.36. The smallest absolute Gasteiger partial charge is 0.280 e. The van der Waals surface area contributed by atoms with E-state index in [-0.39, 0.29) is 22.0 Å². The van der Waals surface area contributed by atoms with Gasteiger partial charge in [-0.25, -0.2) is 13.4 Å². The van der Waals surface area contributed by atoms with Crippen LogP contribution in [0.4, 0.5) is 5.13 Å². The van der Waals surface area contributed by atoms with Crippen molar-refractivity contribution in [1.29, 1.82) is 0 Å². The van der Waals surface area contributed by atoms with Gasteiger partial charge in [0.1, 0.15) is 6.10 Å². The topological polar surface area (TPSA) is 127 Å². The molecule has 2 aliphatic rings.